The van der Waals surface area contributed by atoms with Crippen molar-refractivity contribution in [3.63, 3.8) is 0 Å². The van der Waals surface area contributed by atoms with Crippen molar-refractivity contribution >= 4 is 5.78 Å². The van der Waals surface area contributed by atoms with Gasteiger partial charge >= 0.3 is 0 Å². The van der Waals surface area contributed by atoms with Crippen molar-refractivity contribution in [2.45, 2.75) is 12.2 Å². The van der Waals surface area contributed by atoms with Crippen LogP contribution < -0.4 is 9.47 Å². The van der Waals surface area contributed by atoms with E-state index in [-0.39, 0.29) is 22.8 Å². The van der Waals surface area contributed by atoms with E-state index in [0.717, 1.165) is 0 Å². The van der Waals surface area contributed by atoms with E-state index in [9.17, 15) is 20.1 Å². The van der Waals surface area contributed by atoms with Crippen LogP contribution in [0, 0.1) is 0 Å². The molecule has 2 aromatic rings. The maximum atomic E-state index is 12.3. The summed E-state index contributed by atoms with van der Waals surface area (Å²) in [7, 11) is 1.43. The van der Waals surface area contributed by atoms with Gasteiger partial charge in [0.25, 0.3) is 0 Å². The number of benzene rings is 2. The zero-order valence-electron chi connectivity index (χ0n) is 11.7. The third-order valence-electron chi connectivity index (χ3n) is 3.57. The Labute approximate surface area is 126 Å². The number of aliphatic hydroxyl groups excluding tert-OH is 1. The molecule has 114 valence electrons. The Morgan fingerprint density at radius 1 is 1.14 bits per heavy atom. The molecule has 0 saturated carbocycles. The van der Waals surface area contributed by atoms with Crippen LogP contribution in [-0.2, 0) is 0 Å². The molecule has 22 heavy (non-hydrogen) atoms. The Hall–Kier alpha value is -2.73. The van der Waals surface area contributed by atoms with Crippen LogP contribution in [-0.4, -0.2) is 34.3 Å². The molecule has 2 aromatic carbocycles. The maximum Gasteiger partial charge on any atom is 0.202 e. The molecule has 1 aliphatic heterocycles. The van der Waals surface area contributed by atoms with E-state index in [0.29, 0.717) is 11.3 Å². The van der Waals surface area contributed by atoms with Crippen LogP contribution in [0.25, 0.3) is 0 Å². The molecule has 6 heteroatoms. The van der Waals surface area contributed by atoms with Crippen molar-refractivity contribution in [3.05, 3.63) is 47.5 Å². The lowest BCUT2D eigenvalue weighted by Gasteiger charge is -2.30. The standard InChI is InChI=1S/C16H14O6/c1-21-10-6-11(18)13-12(7-10)22-16(15(20)14(13)19)8-2-4-9(17)5-3-8/h2-7,15-18,20H,1H3. The van der Waals surface area contributed by atoms with Crippen molar-refractivity contribution < 1.29 is 29.6 Å². The number of carbonyl (C=O) groups excluding carboxylic acids is 1. The number of Topliss-reactive ketones (excluding diaryl/α,β-unsaturated/α-hetero) is 1. The van der Waals surface area contributed by atoms with E-state index in [1.807, 2.05) is 0 Å². The molecule has 1 aliphatic rings. The van der Waals surface area contributed by atoms with E-state index >= 15 is 0 Å². The lowest BCUT2D eigenvalue weighted by Crippen LogP contribution is -2.36. The average Bonchev–Trinajstić information content (AvgIpc) is 2.51. The van der Waals surface area contributed by atoms with Gasteiger partial charge in [0.2, 0.25) is 5.78 Å². The van der Waals surface area contributed by atoms with Gasteiger partial charge in [0.15, 0.2) is 12.2 Å². The molecule has 0 aliphatic carbocycles. The van der Waals surface area contributed by atoms with Gasteiger partial charge in [-0.1, -0.05) is 12.1 Å². The Morgan fingerprint density at radius 3 is 2.45 bits per heavy atom. The van der Waals surface area contributed by atoms with Crippen LogP contribution in [0.5, 0.6) is 23.0 Å². The molecule has 3 N–H and O–H groups in total. The average molecular weight is 302 g/mol. The largest absolute Gasteiger partial charge is 0.508 e. The van der Waals surface area contributed by atoms with E-state index in [1.165, 1.54) is 31.4 Å². The first-order valence-electron chi connectivity index (χ1n) is 6.60. The van der Waals surface area contributed by atoms with Crippen LogP contribution >= 0.6 is 0 Å². The van der Waals surface area contributed by atoms with E-state index in [1.54, 1.807) is 12.1 Å². The summed E-state index contributed by atoms with van der Waals surface area (Å²) in [5.41, 5.74) is 0.468. The van der Waals surface area contributed by atoms with Gasteiger partial charge in [-0.15, -0.1) is 0 Å². The fourth-order valence-electron chi connectivity index (χ4n) is 2.44. The number of aliphatic hydroxyl groups is 1. The minimum atomic E-state index is -1.45. The SMILES string of the molecule is COc1cc(O)c2c(c1)OC(c1ccc(O)cc1)C(O)C2=O. The number of phenols is 2. The molecular weight excluding hydrogens is 288 g/mol. The summed E-state index contributed by atoms with van der Waals surface area (Å²) in [6.07, 6.45) is -2.37. The molecule has 0 fully saturated rings. The lowest BCUT2D eigenvalue weighted by molar-refractivity contribution is 0.0210. The molecule has 0 aromatic heterocycles. The first-order valence-corrected chi connectivity index (χ1v) is 6.60. The van der Waals surface area contributed by atoms with Crippen LogP contribution in [0.3, 0.4) is 0 Å². The Kier molecular flexibility index (Phi) is 3.38. The maximum absolute atomic E-state index is 12.3. The summed E-state index contributed by atoms with van der Waals surface area (Å²) in [5, 5.41) is 29.4. The second-order valence-corrected chi connectivity index (χ2v) is 4.96. The first-order chi connectivity index (χ1) is 10.5. The Bertz CT molecular complexity index is 722. The summed E-state index contributed by atoms with van der Waals surface area (Å²) >= 11 is 0. The zero-order chi connectivity index (χ0) is 15.9. The van der Waals surface area contributed by atoms with Gasteiger partial charge in [0, 0.05) is 12.1 Å². The number of hydrogen-bond acceptors (Lipinski definition) is 6. The molecule has 0 bridgehead atoms. The van der Waals surface area contributed by atoms with Gasteiger partial charge in [-0.25, -0.2) is 0 Å². The highest BCUT2D eigenvalue weighted by atomic mass is 16.5. The number of methoxy groups -OCH3 is 1. The normalized spacial score (nSPS) is 20.2. The number of rotatable bonds is 2. The third kappa shape index (κ3) is 2.23. The highest BCUT2D eigenvalue weighted by Gasteiger charge is 2.39. The molecule has 3 rings (SSSR count). The van der Waals surface area contributed by atoms with E-state index < -0.39 is 18.0 Å². The van der Waals surface area contributed by atoms with Crippen LogP contribution in [0.1, 0.15) is 22.0 Å². The van der Waals surface area contributed by atoms with Crippen molar-refractivity contribution in [1.29, 1.82) is 0 Å². The van der Waals surface area contributed by atoms with Crippen molar-refractivity contribution in [3.8, 4) is 23.0 Å². The topological polar surface area (TPSA) is 96.2 Å². The number of carbonyl (C=O) groups is 1. The van der Waals surface area contributed by atoms with Crippen LogP contribution in [0.4, 0.5) is 0 Å². The molecule has 2 unspecified atom stereocenters. The number of fused-ring (bicyclic) bond motifs is 1. The number of ether oxygens (including phenoxy) is 2. The minimum Gasteiger partial charge on any atom is -0.508 e. The van der Waals surface area contributed by atoms with Gasteiger partial charge in [-0.3, -0.25) is 4.79 Å². The summed E-state index contributed by atoms with van der Waals surface area (Å²) in [6, 6.07) is 8.76. The van der Waals surface area contributed by atoms with E-state index in [4.69, 9.17) is 9.47 Å². The van der Waals surface area contributed by atoms with Crippen molar-refractivity contribution in [2.24, 2.45) is 0 Å². The number of phenolic OH excluding ortho intramolecular Hbond substituents is 2. The molecular formula is C16H14O6. The predicted octanol–water partition coefficient (Wildman–Crippen LogP) is 1.78. The molecule has 0 amide bonds. The van der Waals surface area contributed by atoms with Gasteiger partial charge in [-0.05, 0) is 17.7 Å². The molecule has 6 nitrogen and oxygen atoms in total. The summed E-state index contributed by atoms with van der Waals surface area (Å²) < 4.78 is 10.7. The fraction of sp³-hybridized carbons (Fsp3) is 0.188. The molecule has 0 radical (unpaired) electrons. The Balaban J connectivity index is 2.06. The summed E-state index contributed by atoms with van der Waals surface area (Å²) in [6.45, 7) is 0. The quantitative estimate of drug-likeness (QED) is 0.782. The van der Waals surface area contributed by atoms with Crippen molar-refractivity contribution in [2.75, 3.05) is 7.11 Å². The van der Waals surface area contributed by atoms with Gasteiger partial charge < -0.3 is 24.8 Å². The fourth-order valence-corrected chi connectivity index (χ4v) is 2.44. The smallest absolute Gasteiger partial charge is 0.202 e. The van der Waals surface area contributed by atoms with Gasteiger partial charge in [-0.2, -0.15) is 0 Å². The zero-order valence-corrected chi connectivity index (χ0v) is 11.7. The minimum absolute atomic E-state index is 0.0664. The second kappa shape index (κ2) is 5.23. The third-order valence-corrected chi connectivity index (χ3v) is 3.57. The van der Waals surface area contributed by atoms with Crippen LogP contribution in [0.2, 0.25) is 0 Å². The van der Waals surface area contributed by atoms with E-state index in [2.05, 4.69) is 0 Å². The second-order valence-electron chi connectivity index (χ2n) is 4.96. The first kappa shape index (κ1) is 14.2. The lowest BCUT2D eigenvalue weighted by atomic mass is 9.93. The summed E-state index contributed by atoms with van der Waals surface area (Å²) in [4.78, 5) is 12.3. The molecule has 1 heterocycles. The summed E-state index contributed by atoms with van der Waals surface area (Å²) in [5.74, 6) is -0.378. The highest BCUT2D eigenvalue weighted by molar-refractivity contribution is 6.05. The number of hydrogen-bond donors (Lipinski definition) is 3. The highest BCUT2D eigenvalue weighted by Crippen LogP contribution is 2.42. The molecule has 2 atom stereocenters. The van der Waals surface area contributed by atoms with Crippen LogP contribution in [0.15, 0.2) is 36.4 Å². The van der Waals surface area contributed by atoms with Gasteiger partial charge in [0.05, 0.1) is 7.11 Å². The van der Waals surface area contributed by atoms with Gasteiger partial charge in [0.1, 0.15) is 28.6 Å². The monoisotopic (exact) mass is 302 g/mol. The predicted molar refractivity (Wildman–Crippen MR) is 76.5 cm³/mol. The number of aromatic hydroxyl groups is 2. The van der Waals surface area contributed by atoms with Crippen molar-refractivity contribution in [1.82, 2.24) is 0 Å². The number of ketones is 1. The molecule has 0 spiro atoms. The molecule has 0 saturated heterocycles. The Morgan fingerprint density at radius 2 is 1.82 bits per heavy atom.